The molecule has 0 aliphatic carbocycles. The maximum atomic E-state index is 12.7. The van der Waals surface area contributed by atoms with Gasteiger partial charge in [-0.05, 0) is 75.1 Å². The molecule has 2 aromatic carbocycles. The molecule has 2 amide bonds. The fourth-order valence-electron chi connectivity index (χ4n) is 4.42. The Balaban J connectivity index is 1.94. The number of urea groups is 1. The summed E-state index contributed by atoms with van der Waals surface area (Å²) in [5.41, 5.74) is 3.24. The highest BCUT2D eigenvalue weighted by Crippen LogP contribution is 2.40. The van der Waals surface area contributed by atoms with Gasteiger partial charge in [0.05, 0.1) is 27.4 Å². The molecule has 3 rings (SSSR count). The van der Waals surface area contributed by atoms with Gasteiger partial charge in [0.25, 0.3) is 0 Å². The van der Waals surface area contributed by atoms with Gasteiger partial charge in [0.2, 0.25) is 0 Å². The van der Waals surface area contributed by atoms with E-state index >= 15 is 0 Å². The zero-order chi connectivity index (χ0) is 24.2. The minimum Gasteiger partial charge on any atom is -0.497 e. The minimum atomic E-state index is -0.312. The number of amides is 2. The van der Waals surface area contributed by atoms with Gasteiger partial charge in [-0.2, -0.15) is 0 Å². The van der Waals surface area contributed by atoms with Crippen LogP contribution in [0.3, 0.4) is 0 Å². The quantitative estimate of drug-likeness (QED) is 0.651. The molecule has 0 bridgehead atoms. The van der Waals surface area contributed by atoms with Crippen LogP contribution >= 0.6 is 0 Å². The van der Waals surface area contributed by atoms with Crippen molar-refractivity contribution in [1.82, 2.24) is 15.5 Å². The van der Waals surface area contributed by atoms with Crippen LogP contribution in [0.25, 0.3) is 0 Å². The molecule has 1 aliphatic heterocycles. The fourth-order valence-corrected chi connectivity index (χ4v) is 4.42. The number of hydrogen-bond acceptors (Lipinski definition) is 5. The predicted octanol–water partition coefficient (Wildman–Crippen LogP) is 4.30. The second-order valence-electron chi connectivity index (χ2n) is 9.56. The molecule has 2 aromatic rings. The number of ether oxygens (including phenoxy) is 3. The first-order valence-electron chi connectivity index (χ1n) is 11.4. The van der Waals surface area contributed by atoms with Crippen LogP contribution in [0.2, 0.25) is 0 Å². The highest BCUT2D eigenvalue weighted by atomic mass is 16.5. The van der Waals surface area contributed by atoms with Crippen molar-refractivity contribution in [2.45, 2.75) is 58.3 Å². The smallest absolute Gasteiger partial charge is 0.315 e. The summed E-state index contributed by atoms with van der Waals surface area (Å²) >= 11 is 0. The van der Waals surface area contributed by atoms with Crippen molar-refractivity contribution in [1.29, 1.82) is 0 Å². The summed E-state index contributed by atoms with van der Waals surface area (Å²) in [6.45, 7) is 9.60. The van der Waals surface area contributed by atoms with Crippen LogP contribution in [0.1, 0.15) is 50.4 Å². The first-order valence-corrected chi connectivity index (χ1v) is 11.4. The standard InChI is InChI=1S/C26H37N3O4/c1-17(27-25(30)28-26(2,3)4)24-21-15-23(33-7)22(32-6)14-19(21)12-13-29(24)16-18-8-10-20(31-5)11-9-18/h8-11,14-15,17,24H,12-13,16H2,1-7H3,(H2,27,28,30). The molecule has 1 heterocycles. The van der Waals surface area contributed by atoms with Crippen molar-refractivity contribution in [3.8, 4) is 17.2 Å². The lowest BCUT2D eigenvalue weighted by Crippen LogP contribution is -2.53. The van der Waals surface area contributed by atoms with Crippen molar-refractivity contribution in [3.63, 3.8) is 0 Å². The maximum Gasteiger partial charge on any atom is 0.315 e. The molecular weight excluding hydrogens is 418 g/mol. The largest absolute Gasteiger partial charge is 0.497 e. The van der Waals surface area contributed by atoms with Crippen LogP contribution in [-0.4, -0.2) is 50.4 Å². The van der Waals surface area contributed by atoms with Gasteiger partial charge in [-0.25, -0.2) is 4.79 Å². The molecule has 0 spiro atoms. The summed E-state index contributed by atoms with van der Waals surface area (Å²) in [5.74, 6) is 2.26. The van der Waals surface area contributed by atoms with E-state index in [9.17, 15) is 4.79 Å². The van der Waals surface area contributed by atoms with Crippen LogP contribution in [0.5, 0.6) is 17.2 Å². The molecule has 0 radical (unpaired) electrons. The SMILES string of the molecule is COc1ccc(CN2CCc3cc(OC)c(OC)cc3C2C(C)NC(=O)NC(C)(C)C)cc1. The van der Waals surface area contributed by atoms with Gasteiger partial charge in [0.1, 0.15) is 5.75 Å². The summed E-state index contributed by atoms with van der Waals surface area (Å²) in [5, 5.41) is 6.17. The second kappa shape index (κ2) is 10.3. The third kappa shape index (κ3) is 6.11. The van der Waals surface area contributed by atoms with E-state index < -0.39 is 0 Å². The molecule has 180 valence electrons. The molecule has 33 heavy (non-hydrogen) atoms. The van der Waals surface area contributed by atoms with Crippen LogP contribution in [-0.2, 0) is 13.0 Å². The van der Waals surface area contributed by atoms with Crippen LogP contribution in [0.15, 0.2) is 36.4 Å². The monoisotopic (exact) mass is 455 g/mol. The van der Waals surface area contributed by atoms with E-state index in [1.165, 1.54) is 11.1 Å². The van der Waals surface area contributed by atoms with E-state index in [1.54, 1.807) is 21.3 Å². The number of carbonyl (C=O) groups is 1. The zero-order valence-electron chi connectivity index (χ0n) is 20.8. The topological polar surface area (TPSA) is 72.1 Å². The predicted molar refractivity (Wildman–Crippen MR) is 130 cm³/mol. The van der Waals surface area contributed by atoms with E-state index in [1.807, 2.05) is 32.9 Å². The van der Waals surface area contributed by atoms with Crippen molar-refractivity contribution >= 4 is 6.03 Å². The number of methoxy groups -OCH3 is 3. The molecule has 7 nitrogen and oxygen atoms in total. The Morgan fingerprint density at radius 1 is 1.06 bits per heavy atom. The Kier molecular flexibility index (Phi) is 7.74. The Morgan fingerprint density at radius 2 is 1.70 bits per heavy atom. The highest BCUT2D eigenvalue weighted by molar-refractivity contribution is 5.75. The second-order valence-corrected chi connectivity index (χ2v) is 9.56. The van der Waals surface area contributed by atoms with Crippen LogP contribution < -0.4 is 24.8 Å². The average Bonchev–Trinajstić information content (AvgIpc) is 2.76. The third-order valence-electron chi connectivity index (χ3n) is 5.89. The van der Waals surface area contributed by atoms with Crippen molar-refractivity contribution < 1.29 is 19.0 Å². The van der Waals surface area contributed by atoms with Crippen LogP contribution in [0, 0.1) is 0 Å². The summed E-state index contributed by atoms with van der Waals surface area (Å²) in [4.78, 5) is 15.1. The van der Waals surface area contributed by atoms with Crippen molar-refractivity contribution in [2.24, 2.45) is 0 Å². The molecular formula is C26H37N3O4. The van der Waals surface area contributed by atoms with Gasteiger partial charge >= 0.3 is 6.03 Å². The molecule has 1 aliphatic rings. The molecule has 2 atom stereocenters. The average molecular weight is 456 g/mol. The molecule has 0 saturated carbocycles. The van der Waals surface area contributed by atoms with Gasteiger partial charge in [-0.1, -0.05) is 12.1 Å². The third-order valence-corrected chi connectivity index (χ3v) is 5.89. The van der Waals surface area contributed by atoms with Crippen LogP contribution in [0.4, 0.5) is 4.79 Å². The lowest BCUT2D eigenvalue weighted by Gasteiger charge is -2.41. The van der Waals surface area contributed by atoms with Gasteiger partial charge in [-0.3, -0.25) is 4.90 Å². The normalized spacial score (nSPS) is 17.0. The fraction of sp³-hybridized carbons (Fsp3) is 0.500. The van der Waals surface area contributed by atoms with E-state index in [0.717, 1.165) is 36.6 Å². The molecule has 0 fully saturated rings. The molecule has 2 unspecified atom stereocenters. The lowest BCUT2D eigenvalue weighted by atomic mass is 9.87. The minimum absolute atomic E-state index is 0.0265. The van der Waals surface area contributed by atoms with Gasteiger partial charge in [0.15, 0.2) is 11.5 Å². The van der Waals surface area contributed by atoms with E-state index in [2.05, 4.69) is 46.7 Å². The number of nitrogens with zero attached hydrogens (tertiary/aromatic N) is 1. The van der Waals surface area contributed by atoms with E-state index in [4.69, 9.17) is 14.2 Å². The number of hydrogen-bond donors (Lipinski definition) is 2. The first kappa shape index (κ1) is 24.7. The Labute approximate surface area is 197 Å². The number of benzene rings is 2. The van der Waals surface area contributed by atoms with Gasteiger partial charge in [-0.15, -0.1) is 0 Å². The molecule has 7 heteroatoms. The highest BCUT2D eigenvalue weighted by Gasteiger charge is 2.34. The molecule has 0 aromatic heterocycles. The Morgan fingerprint density at radius 3 is 2.27 bits per heavy atom. The summed E-state index contributed by atoms with van der Waals surface area (Å²) in [6, 6.07) is 11.9. The van der Waals surface area contributed by atoms with Gasteiger partial charge < -0.3 is 24.8 Å². The first-order chi connectivity index (χ1) is 15.6. The Bertz CT molecular complexity index is 953. The summed E-state index contributed by atoms with van der Waals surface area (Å²) in [6.07, 6.45) is 0.892. The number of rotatable bonds is 7. The number of fused-ring (bicyclic) bond motifs is 1. The van der Waals surface area contributed by atoms with Gasteiger partial charge in [0, 0.05) is 24.7 Å². The zero-order valence-corrected chi connectivity index (χ0v) is 20.8. The summed E-state index contributed by atoms with van der Waals surface area (Å²) in [7, 11) is 4.97. The summed E-state index contributed by atoms with van der Waals surface area (Å²) < 4.78 is 16.4. The number of nitrogens with one attached hydrogen (secondary N) is 2. The number of carbonyl (C=O) groups excluding carboxylic acids is 1. The maximum absolute atomic E-state index is 12.7. The molecule has 0 saturated heterocycles. The Hall–Kier alpha value is -2.93. The van der Waals surface area contributed by atoms with E-state index in [-0.39, 0.29) is 23.7 Å². The lowest BCUT2D eigenvalue weighted by molar-refractivity contribution is 0.142. The molecule has 2 N–H and O–H groups in total. The van der Waals surface area contributed by atoms with Crippen molar-refractivity contribution in [2.75, 3.05) is 27.9 Å². The van der Waals surface area contributed by atoms with Crippen molar-refractivity contribution in [3.05, 3.63) is 53.1 Å². The van der Waals surface area contributed by atoms with E-state index in [0.29, 0.717) is 5.75 Å².